The smallest absolute Gasteiger partial charge is 0.344 e. The topological polar surface area (TPSA) is 86.0 Å². The Morgan fingerprint density at radius 3 is 2.64 bits per heavy atom. The molecular weight excluding hydrogens is 324 g/mol. The number of carbonyl (C=O) groups is 1. The van der Waals surface area contributed by atoms with Gasteiger partial charge in [-0.05, 0) is 25.1 Å². The van der Waals surface area contributed by atoms with Gasteiger partial charge in [0.05, 0.1) is 18.1 Å². The third-order valence-corrected chi connectivity index (χ3v) is 3.80. The van der Waals surface area contributed by atoms with Crippen molar-refractivity contribution in [3.63, 3.8) is 0 Å². The molecule has 0 saturated heterocycles. The highest BCUT2D eigenvalue weighted by atomic mass is 16.5. The molecule has 0 amide bonds. The molecule has 3 aromatic rings. The quantitative estimate of drug-likeness (QED) is 0.767. The molecule has 1 heterocycles. The van der Waals surface area contributed by atoms with Gasteiger partial charge in [-0.15, -0.1) is 0 Å². The van der Waals surface area contributed by atoms with Crippen LogP contribution in [0.1, 0.15) is 6.92 Å². The predicted octanol–water partition coefficient (Wildman–Crippen LogP) is 3.32. The Labute approximate surface area is 143 Å². The lowest BCUT2D eigenvalue weighted by atomic mass is 10.0. The van der Waals surface area contributed by atoms with Gasteiger partial charge in [0.25, 0.3) is 0 Å². The Kier molecular flexibility index (Phi) is 4.43. The van der Waals surface area contributed by atoms with Crippen molar-refractivity contribution in [1.29, 1.82) is 0 Å². The van der Waals surface area contributed by atoms with Crippen LogP contribution in [0.3, 0.4) is 0 Å². The number of carboxylic acid groups (broad SMARTS) is 1. The average molecular weight is 340 g/mol. The third kappa shape index (κ3) is 3.19. The van der Waals surface area contributed by atoms with E-state index in [1.807, 2.05) is 12.1 Å². The fraction of sp³-hybridized carbons (Fsp3) is 0.158. The maximum Gasteiger partial charge on any atom is 0.344 e. The van der Waals surface area contributed by atoms with Crippen LogP contribution < -0.4 is 14.9 Å². The van der Waals surface area contributed by atoms with Crippen LogP contribution >= 0.6 is 0 Å². The Balaban J connectivity index is 2.07. The molecule has 1 aromatic heterocycles. The minimum atomic E-state index is -1.08. The molecule has 0 bridgehead atoms. The minimum absolute atomic E-state index is 0.205. The van der Waals surface area contributed by atoms with Gasteiger partial charge in [0.15, 0.2) is 6.10 Å². The minimum Gasteiger partial charge on any atom is -0.496 e. The Hall–Kier alpha value is -3.28. The molecule has 1 unspecified atom stereocenters. The molecule has 0 saturated carbocycles. The van der Waals surface area contributed by atoms with Gasteiger partial charge in [0, 0.05) is 11.6 Å². The number of methoxy groups -OCH3 is 1. The van der Waals surface area contributed by atoms with Crippen molar-refractivity contribution in [1.82, 2.24) is 0 Å². The van der Waals surface area contributed by atoms with E-state index < -0.39 is 12.1 Å². The van der Waals surface area contributed by atoms with Crippen LogP contribution in [-0.2, 0) is 4.79 Å². The number of fused-ring (bicyclic) bond motifs is 1. The molecular formula is C19H16O6. The molecule has 1 atom stereocenters. The summed E-state index contributed by atoms with van der Waals surface area (Å²) in [6.07, 6.45) is 0.365. The number of ether oxygens (including phenoxy) is 2. The van der Waals surface area contributed by atoms with E-state index in [1.165, 1.54) is 26.4 Å². The molecule has 0 radical (unpaired) electrons. The lowest BCUT2D eigenvalue weighted by Gasteiger charge is -2.11. The summed E-state index contributed by atoms with van der Waals surface area (Å²) in [6, 6.07) is 11.8. The molecule has 0 fully saturated rings. The second-order valence-corrected chi connectivity index (χ2v) is 5.44. The number of hydrogen-bond donors (Lipinski definition) is 1. The molecule has 0 aliphatic rings. The highest BCUT2D eigenvalue weighted by Crippen LogP contribution is 2.29. The zero-order chi connectivity index (χ0) is 18.0. The highest BCUT2D eigenvalue weighted by Gasteiger charge is 2.15. The normalized spacial score (nSPS) is 11.9. The molecule has 0 spiro atoms. The van der Waals surface area contributed by atoms with Crippen LogP contribution in [0.2, 0.25) is 0 Å². The maximum absolute atomic E-state index is 12.8. The van der Waals surface area contributed by atoms with Crippen molar-refractivity contribution in [2.24, 2.45) is 0 Å². The first-order valence-electron chi connectivity index (χ1n) is 7.59. The van der Waals surface area contributed by atoms with Gasteiger partial charge in [0.2, 0.25) is 5.43 Å². The molecule has 3 rings (SSSR count). The van der Waals surface area contributed by atoms with Gasteiger partial charge >= 0.3 is 5.97 Å². The number of hydrogen-bond acceptors (Lipinski definition) is 5. The van der Waals surface area contributed by atoms with E-state index in [0.29, 0.717) is 33.6 Å². The number of aliphatic carboxylic acids is 1. The zero-order valence-corrected chi connectivity index (χ0v) is 13.7. The van der Waals surface area contributed by atoms with E-state index >= 15 is 0 Å². The van der Waals surface area contributed by atoms with Gasteiger partial charge in [-0.2, -0.15) is 0 Å². The van der Waals surface area contributed by atoms with Crippen molar-refractivity contribution in [3.8, 4) is 22.6 Å². The fourth-order valence-corrected chi connectivity index (χ4v) is 2.49. The van der Waals surface area contributed by atoms with Gasteiger partial charge in [0.1, 0.15) is 23.3 Å². The first-order valence-corrected chi connectivity index (χ1v) is 7.59. The van der Waals surface area contributed by atoms with Crippen molar-refractivity contribution in [2.45, 2.75) is 13.0 Å². The molecule has 6 nitrogen and oxygen atoms in total. The van der Waals surface area contributed by atoms with Crippen LogP contribution in [0.15, 0.2) is 57.9 Å². The standard InChI is InChI=1S/C19H16O6/c1-11(19(21)22)25-12-7-8-14-17(9-12)24-10-15(18(14)20)13-5-3-4-6-16(13)23-2/h3-11H,1-2H3,(H,21,22). The van der Waals surface area contributed by atoms with Gasteiger partial charge in [-0.1, -0.05) is 18.2 Å². The van der Waals surface area contributed by atoms with Gasteiger partial charge in [-0.3, -0.25) is 4.79 Å². The van der Waals surface area contributed by atoms with E-state index in [9.17, 15) is 9.59 Å². The fourth-order valence-electron chi connectivity index (χ4n) is 2.49. The summed E-state index contributed by atoms with van der Waals surface area (Å²) in [7, 11) is 1.54. The number of carboxylic acids is 1. The summed E-state index contributed by atoms with van der Waals surface area (Å²) in [5, 5.41) is 9.28. The van der Waals surface area contributed by atoms with Crippen LogP contribution in [0.4, 0.5) is 0 Å². The van der Waals surface area contributed by atoms with Crippen molar-refractivity contribution < 1.29 is 23.8 Å². The molecule has 1 N–H and O–H groups in total. The second kappa shape index (κ2) is 6.68. The van der Waals surface area contributed by atoms with Gasteiger partial charge in [-0.25, -0.2) is 4.79 Å². The van der Waals surface area contributed by atoms with Crippen LogP contribution in [0.25, 0.3) is 22.1 Å². The van der Waals surface area contributed by atoms with E-state index in [2.05, 4.69) is 0 Å². The number of rotatable bonds is 5. The second-order valence-electron chi connectivity index (χ2n) is 5.44. The summed E-state index contributed by atoms with van der Waals surface area (Å²) >= 11 is 0. The monoisotopic (exact) mass is 340 g/mol. The highest BCUT2D eigenvalue weighted by molar-refractivity contribution is 5.84. The van der Waals surface area contributed by atoms with Crippen molar-refractivity contribution in [2.75, 3.05) is 7.11 Å². The molecule has 0 aliphatic heterocycles. The number of para-hydroxylation sites is 1. The summed E-state index contributed by atoms with van der Waals surface area (Å²) in [5.41, 5.74) is 1.14. The van der Waals surface area contributed by atoms with Crippen molar-refractivity contribution in [3.05, 3.63) is 59.0 Å². The lowest BCUT2D eigenvalue weighted by Crippen LogP contribution is -2.22. The average Bonchev–Trinajstić information content (AvgIpc) is 2.62. The molecule has 2 aromatic carbocycles. The summed E-state index contributed by atoms with van der Waals surface area (Å²) in [4.78, 5) is 23.7. The van der Waals surface area contributed by atoms with Crippen LogP contribution in [0.5, 0.6) is 11.5 Å². The van der Waals surface area contributed by atoms with E-state index in [0.717, 1.165) is 0 Å². The molecule has 6 heteroatoms. The summed E-state index contributed by atoms with van der Waals surface area (Å²) in [5.74, 6) is -0.187. The first kappa shape index (κ1) is 16.6. The molecule has 25 heavy (non-hydrogen) atoms. The molecule has 0 aliphatic carbocycles. The van der Waals surface area contributed by atoms with E-state index in [-0.39, 0.29) is 5.43 Å². The SMILES string of the molecule is COc1ccccc1-c1coc2cc(OC(C)C(=O)O)ccc2c1=O. The predicted molar refractivity (Wildman–Crippen MR) is 92.2 cm³/mol. The lowest BCUT2D eigenvalue weighted by molar-refractivity contribution is -0.144. The Bertz CT molecular complexity index is 989. The maximum atomic E-state index is 12.8. The van der Waals surface area contributed by atoms with Crippen molar-refractivity contribution >= 4 is 16.9 Å². The van der Waals surface area contributed by atoms with E-state index in [4.69, 9.17) is 19.0 Å². The molecule has 128 valence electrons. The first-order chi connectivity index (χ1) is 12.0. The third-order valence-electron chi connectivity index (χ3n) is 3.80. The summed E-state index contributed by atoms with van der Waals surface area (Å²) < 4.78 is 16.2. The van der Waals surface area contributed by atoms with Crippen LogP contribution in [-0.4, -0.2) is 24.3 Å². The largest absolute Gasteiger partial charge is 0.496 e. The van der Waals surface area contributed by atoms with E-state index in [1.54, 1.807) is 24.3 Å². The summed E-state index contributed by atoms with van der Waals surface area (Å²) in [6.45, 7) is 1.42. The van der Waals surface area contributed by atoms with Crippen LogP contribution in [0, 0.1) is 0 Å². The number of benzene rings is 2. The Morgan fingerprint density at radius 1 is 1.16 bits per heavy atom. The Morgan fingerprint density at radius 2 is 1.92 bits per heavy atom. The van der Waals surface area contributed by atoms with Gasteiger partial charge < -0.3 is 19.0 Å². The zero-order valence-electron chi connectivity index (χ0n) is 13.7.